The van der Waals surface area contributed by atoms with Gasteiger partial charge in [-0.05, 0) is 36.2 Å². The number of benzene rings is 2. The average Bonchev–Trinajstić information content (AvgIpc) is 3.37. The third-order valence-electron chi connectivity index (χ3n) is 4.30. The lowest BCUT2D eigenvalue weighted by Crippen LogP contribution is -2.15. The van der Waals surface area contributed by atoms with Crippen LogP contribution in [0.25, 0.3) is 16.7 Å². The van der Waals surface area contributed by atoms with Crippen molar-refractivity contribution in [3.8, 4) is 11.4 Å². The summed E-state index contributed by atoms with van der Waals surface area (Å²) in [6.45, 7) is 1.95. The molecule has 144 valence electrons. The zero-order valence-corrected chi connectivity index (χ0v) is 16.0. The molecule has 2 heterocycles. The molecule has 0 fully saturated rings. The van der Waals surface area contributed by atoms with Gasteiger partial charge in [-0.2, -0.15) is 0 Å². The van der Waals surface area contributed by atoms with Gasteiger partial charge in [0.05, 0.1) is 30.6 Å². The molecule has 0 aliphatic heterocycles. The maximum atomic E-state index is 12.9. The van der Waals surface area contributed by atoms with E-state index in [9.17, 15) is 8.42 Å². The summed E-state index contributed by atoms with van der Waals surface area (Å²) in [6.07, 6.45) is 3.95. The molecule has 28 heavy (non-hydrogen) atoms. The van der Waals surface area contributed by atoms with E-state index in [4.69, 9.17) is 9.26 Å². The Morgan fingerprint density at radius 1 is 1.21 bits per heavy atom. The molecule has 0 radical (unpaired) electrons. The molecular weight excluding hydrogens is 382 g/mol. The van der Waals surface area contributed by atoms with Crippen LogP contribution in [0.4, 0.5) is 5.82 Å². The first-order valence-corrected chi connectivity index (χ1v) is 9.96. The standard InChI is InChI=1S/C18H17N5O4S/c1-3-12-4-7-15(26-2)17(10-12)28(24,25)21-18-14-6-5-13(11-16(14)27-20-18)23-9-8-19-22-23/h4-11H,3H2,1-2H3,(H,20,21). The number of nitrogens with zero attached hydrogens (tertiary/aromatic N) is 4. The van der Waals surface area contributed by atoms with Crippen molar-refractivity contribution in [1.29, 1.82) is 0 Å². The maximum Gasteiger partial charge on any atom is 0.266 e. The maximum absolute atomic E-state index is 12.9. The van der Waals surface area contributed by atoms with Gasteiger partial charge in [0.1, 0.15) is 10.6 Å². The molecule has 0 amide bonds. The zero-order chi connectivity index (χ0) is 19.7. The lowest BCUT2D eigenvalue weighted by Gasteiger charge is -2.11. The van der Waals surface area contributed by atoms with Gasteiger partial charge in [0, 0.05) is 6.07 Å². The Morgan fingerprint density at radius 2 is 2.07 bits per heavy atom. The fourth-order valence-electron chi connectivity index (χ4n) is 2.82. The summed E-state index contributed by atoms with van der Waals surface area (Å²) in [5, 5.41) is 12.1. The Bertz CT molecular complexity index is 1230. The third-order valence-corrected chi connectivity index (χ3v) is 5.66. The first-order chi connectivity index (χ1) is 13.5. The first-order valence-electron chi connectivity index (χ1n) is 8.47. The SMILES string of the molecule is CCc1ccc(OC)c(S(=O)(=O)Nc2noc3cc(-n4ccnn4)ccc23)c1. The zero-order valence-electron chi connectivity index (χ0n) is 15.2. The van der Waals surface area contributed by atoms with Crippen molar-refractivity contribution >= 4 is 26.8 Å². The Morgan fingerprint density at radius 3 is 2.79 bits per heavy atom. The topological polar surface area (TPSA) is 112 Å². The van der Waals surface area contributed by atoms with Crippen LogP contribution in [0.1, 0.15) is 12.5 Å². The van der Waals surface area contributed by atoms with Gasteiger partial charge in [-0.1, -0.05) is 23.4 Å². The van der Waals surface area contributed by atoms with Crippen LogP contribution in [0.5, 0.6) is 5.75 Å². The summed E-state index contributed by atoms with van der Waals surface area (Å²) in [7, 11) is -2.50. The summed E-state index contributed by atoms with van der Waals surface area (Å²) in [6, 6.07) is 10.2. The lowest BCUT2D eigenvalue weighted by atomic mass is 10.2. The van der Waals surface area contributed by atoms with Crippen molar-refractivity contribution in [3.63, 3.8) is 0 Å². The van der Waals surface area contributed by atoms with E-state index < -0.39 is 10.0 Å². The van der Waals surface area contributed by atoms with Crippen molar-refractivity contribution in [3.05, 3.63) is 54.4 Å². The fourth-order valence-corrected chi connectivity index (χ4v) is 4.06. The van der Waals surface area contributed by atoms with E-state index in [1.807, 2.05) is 13.0 Å². The van der Waals surface area contributed by atoms with E-state index in [-0.39, 0.29) is 16.5 Å². The highest BCUT2D eigenvalue weighted by Gasteiger charge is 2.23. The first kappa shape index (κ1) is 18.0. The molecule has 2 aromatic heterocycles. The molecule has 0 spiro atoms. The molecule has 0 unspecified atom stereocenters. The van der Waals surface area contributed by atoms with Gasteiger partial charge < -0.3 is 9.26 Å². The van der Waals surface area contributed by atoms with E-state index in [1.165, 1.54) is 7.11 Å². The molecule has 0 saturated carbocycles. The Hall–Kier alpha value is -3.40. The van der Waals surface area contributed by atoms with E-state index in [1.54, 1.807) is 47.4 Å². The van der Waals surface area contributed by atoms with Gasteiger partial charge in [-0.15, -0.1) is 5.10 Å². The summed E-state index contributed by atoms with van der Waals surface area (Å²) >= 11 is 0. The molecule has 0 atom stereocenters. The van der Waals surface area contributed by atoms with Crippen molar-refractivity contribution in [2.24, 2.45) is 0 Å². The van der Waals surface area contributed by atoms with Crippen LogP contribution in [0.2, 0.25) is 0 Å². The Kier molecular flexibility index (Phi) is 4.47. The number of sulfonamides is 1. The summed E-state index contributed by atoms with van der Waals surface area (Å²) < 4.78 is 40.5. The molecular formula is C18H17N5O4S. The molecule has 2 aromatic carbocycles. The smallest absolute Gasteiger partial charge is 0.266 e. The predicted molar refractivity (Wildman–Crippen MR) is 102 cm³/mol. The second kappa shape index (κ2) is 6.97. The van der Waals surface area contributed by atoms with Gasteiger partial charge in [-0.3, -0.25) is 4.72 Å². The van der Waals surface area contributed by atoms with Crippen LogP contribution in [0.3, 0.4) is 0 Å². The highest BCUT2D eigenvalue weighted by molar-refractivity contribution is 7.92. The number of hydrogen-bond donors (Lipinski definition) is 1. The number of rotatable bonds is 6. The van der Waals surface area contributed by atoms with Crippen LogP contribution in [-0.2, 0) is 16.4 Å². The van der Waals surface area contributed by atoms with Gasteiger partial charge in [0.15, 0.2) is 11.4 Å². The van der Waals surface area contributed by atoms with E-state index in [2.05, 4.69) is 20.2 Å². The number of ether oxygens (including phenoxy) is 1. The molecule has 0 saturated heterocycles. The van der Waals surface area contributed by atoms with Crippen LogP contribution in [0, 0.1) is 0 Å². The van der Waals surface area contributed by atoms with Crippen molar-refractivity contribution in [2.75, 3.05) is 11.8 Å². The van der Waals surface area contributed by atoms with Crippen LogP contribution in [0.15, 0.2) is 58.2 Å². The molecule has 9 nitrogen and oxygen atoms in total. The predicted octanol–water partition coefficient (Wildman–Crippen LogP) is 2.78. The lowest BCUT2D eigenvalue weighted by molar-refractivity contribution is 0.402. The average molecular weight is 399 g/mol. The quantitative estimate of drug-likeness (QED) is 0.530. The van der Waals surface area contributed by atoms with Gasteiger partial charge in [0.25, 0.3) is 10.0 Å². The molecule has 10 heteroatoms. The number of fused-ring (bicyclic) bond motifs is 1. The minimum Gasteiger partial charge on any atom is -0.495 e. The second-order valence-corrected chi connectivity index (χ2v) is 7.65. The summed E-state index contributed by atoms with van der Waals surface area (Å²) in [5.41, 5.74) is 2.01. The Labute approximate surface area is 161 Å². The number of nitrogens with one attached hydrogen (secondary N) is 1. The van der Waals surface area contributed by atoms with Gasteiger partial charge in [-0.25, -0.2) is 13.1 Å². The monoisotopic (exact) mass is 399 g/mol. The van der Waals surface area contributed by atoms with Crippen LogP contribution >= 0.6 is 0 Å². The van der Waals surface area contributed by atoms with E-state index in [0.717, 1.165) is 5.56 Å². The second-order valence-electron chi connectivity index (χ2n) is 6.00. The van der Waals surface area contributed by atoms with Crippen LogP contribution in [-0.4, -0.2) is 35.7 Å². The van der Waals surface area contributed by atoms with Crippen molar-refractivity contribution in [1.82, 2.24) is 20.2 Å². The molecule has 0 aliphatic rings. The molecule has 1 N–H and O–H groups in total. The van der Waals surface area contributed by atoms with E-state index >= 15 is 0 Å². The van der Waals surface area contributed by atoms with Crippen molar-refractivity contribution in [2.45, 2.75) is 18.2 Å². The van der Waals surface area contributed by atoms with Gasteiger partial charge >= 0.3 is 0 Å². The molecule has 0 aliphatic carbocycles. The highest BCUT2D eigenvalue weighted by atomic mass is 32.2. The Balaban J connectivity index is 1.71. The summed E-state index contributed by atoms with van der Waals surface area (Å²) in [4.78, 5) is 0.0461. The number of methoxy groups -OCH3 is 1. The minimum atomic E-state index is -3.93. The molecule has 4 rings (SSSR count). The summed E-state index contributed by atoms with van der Waals surface area (Å²) in [5.74, 6) is 0.357. The largest absolute Gasteiger partial charge is 0.495 e. The molecule has 0 bridgehead atoms. The van der Waals surface area contributed by atoms with E-state index in [0.29, 0.717) is 23.1 Å². The minimum absolute atomic E-state index is 0.0461. The number of aryl methyl sites for hydroxylation is 1. The number of hydrogen-bond acceptors (Lipinski definition) is 7. The van der Waals surface area contributed by atoms with Crippen LogP contribution < -0.4 is 9.46 Å². The fraction of sp³-hybridized carbons (Fsp3) is 0.167. The third kappa shape index (κ3) is 3.18. The normalized spacial score (nSPS) is 11.6. The molecule has 4 aromatic rings. The number of aromatic nitrogens is 4. The number of anilines is 1. The highest BCUT2D eigenvalue weighted by Crippen LogP contribution is 2.30. The van der Waals surface area contributed by atoms with Crippen molar-refractivity contribution < 1.29 is 17.7 Å². The van der Waals surface area contributed by atoms with Gasteiger partial charge in [0.2, 0.25) is 0 Å².